The van der Waals surface area contributed by atoms with E-state index in [2.05, 4.69) is 49.9 Å². The molecule has 6 heteroatoms. The maximum absolute atomic E-state index is 4.34. The maximum Gasteiger partial charge on any atom is 0.190 e. The highest BCUT2D eigenvalue weighted by atomic mass is 15.3. The number of hydrogen-bond donors (Lipinski definition) is 2. The number of rotatable bonds is 8. The van der Waals surface area contributed by atoms with E-state index >= 15 is 0 Å². The van der Waals surface area contributed by atoms with Crippen LogP contribution in [0.25, 0.3) is 5.69 Å². The molecule has 0 amide bonds. The molecule has 6 nitrogen and oxygen atoms in total. The van der Waals surface area contributed by atoms with Crippen molar-refractivity contribution in [2.75, 3.05) is 39.8 Å². The lowest BCUT2D eigenvalue weighted by Crippen LogP contribution is -2.39. The van der Waals surface area contributed by atoms with Gasteiger partial charge in [0.05, 0.1) is 5.69 Å². The number of aromatic nitrogens is 2. The largest absolute Gasteiger partial charge is 0.356 e. The van der Waals surface area contributed by atoms with E-state index in [1.807, 2.05) is 24.0 Å². The Morgan fingerprint density at radius 1 is 1.04 bits per heavy atom. The van der Waals surface area contributed by atoms with Crippen molar-refractivity contribution in [3.8, 4) is 5.69 Å². The zero-order valence-electron chi connectivity index (χ0n) is 17.1. The van der Waals surface area contributed by atoms with E-state index in [1.165, 1.54) is 50.9 Å². The molecule has 0 atom stereocenters. The fourth-order valence-corrected chi connectivity index (χ4v) is 3.65. The number of hydrogen-bond acceptors (Lipinski definition) is 3. The van der Waals surface area contributed by atoms with E-state index in [9.17, 15) is 0 Å². The van der Waals surface area contributed by atoms with Crippen molar-refractivity contribution >= 4 is 5.96 Å². The summed E-state index contributed by atoms with van der Waals surface area (Å²) < 4.78 is 1.87. The quantitative estimate of drug-likeness (QED) is 0.419. The van der Waals surface area contributed by atoms with Gasteiger partial charge in [-0.25, -0.2) is 4.68 Å². The van der Waals surface area contributed by atoms with Gasteiger partial charge in [0.2, 0.25) is 0 Å². The molecule has 1 aliphatic heterocycles. The molecule has 152 valence electrons. The van der Waals surface area contributed by atoms with Crippen molar-refractivity contribution < 1.29 is 0 Å². The topological polar surface area (TPSA) is 57.5 Å². The van der Waals surface area contributed by atoms with Crippen molar-refractivity contribution in [3.63, 3.8) is 0 Å². The van der Waals surface area contributed by atoms with Crippen LogP contribution in [-0.2, 0) is 6.42 Å². The van der Waals surface area contributed by atoms with Crippen LogP contribution in [0.2, 0.25) is 0 Å². The fourth-order valence-electron chi connectivity index (χ4n) is 3.65. The second-order valence-corrected chi connectivity index (χ2v) is 7.40. The van der Waals surface area contributed by atoms with Gasteiger partial charge in [-0.2, -0.15) is 5.10 Å². The van der Waals surface area contributed by atoms with Gasteiger partial charge in [-0.15, -0.1) is 0 Å². The Kier molecular flexibility index (Phi) is 8.37. The van der Waals surface area contributed by atoms with Crippen LogP contribution in [0.3, 0.4) is 0 Å². The van der Waals surface area contributed by atoms with Crippen LogP contribution >= 0.6 is 0 Å². The average Bonchev–Trinajstić information content (AvgIpc) is 3.14. The molecule has 0 spiro atoms. The third kappa shape index (κ3) is 6.68. The van der Waals surface area contributed by atoms with Gasteiger partial charge in [-0.1, -0.05) is 25.0 Å². The van der Waals surface area contributed by atoms with Crippen LogP contribution in [0.1, 0.15) is 37.7 Å². The number of benzene rings is 1. The first kappa shape index (κ1) is 20.4. The highest BCUT2D eigenvalue weighted by Crippen LogP contribution is 2.10. The minimum absolute atomic E-state index is 0.868. The Bertz CT molecular complexity index is 684. The first-order valence-electron chi connectivity index (χ1n) is 10.6. The van der Waals surface area contributed by atoms with Crippen molar-refractivity contribution in [3.05, 3.63) is 48.3 Å². The summed E-state index contributed by atoms with van der Waals surface area (Å²) in [6, 6.07) is 10.5. The highest BCUT2D eigenvalue weighted by Gasteiger charge is 2.08. The van der Waals surface area contributed by atoms with Gasteiger partial charge in [-0.05, 0) is 69.1 Å². The maximum atomic E-state index is 4.34. The second-order valence-electron chi connectivity index (χ2n) is 7.40. The monoisotopic (exact) mass is 382 g/mol. The van der Waals surface area contributed by atoms with Gasteiger partial charge in [0, 0.05) is 32.5 Å². The average molecular weight is 383 g/mol. The number of nitrogens with zero attached hydrogens (tertiary/aromatic N) is 4. The van der Waals surface area contributed by atoms with Crippen LogP contribution in [0.15, 0.2) is 47.7 Å². The first-order valence-corrected chi connectivity index (χ1v) is 10.6. The van der Waals surface area contributed by atoms with Crippen molar-refractivity contribution in [1.82, 2.24) is 25.3 Å². The van der Waals surface area contributed by atoms with E-state index in [0.29, 0.717) is 0 Å². The SMILES string of the molecule is CN=C(NCCCN1CCCCCC1)NCCc1ccc(-n2cccn2)cc1. The van der Waals surface area contributed by atoms with E-state index in [0.717, 1.165) is 37.6 Å². The van der Waals surface area contributed by atoms with Crippen molar-refractivity contribution in [1.29, 1.82) is 0 Å². The molecule has 28 heavy (non-hydrogen) atoms. The summed E-state index contributed by atoms with van der Waals surface area (Å²) in [5.41, 5.74) is 2.39. The van der Waals surface area contributed by atoms with Crippen LogP contribution in [-0.4, -0.2) is 60.4 Å². The molecule has 1 aliphatic rings. The van der Waals surface area contributed by atoms with E-state index in [4.69, 9.17) is 0 Å². The van der Waals surface area contributed by atoms with Gasteiger partial charge in [0.25, 0.3) is 0 Å². The lowest BCUT2D eigenvalue weighted by molar-refractivity contribution is 0.282. The summed E-state index contributed by atoms with van der Waals surface area (Å²) >= 11 is 0. The molecular formula is C22H34N6. The number of likely N-dealkylation sites (tertiary alicyclic amines) is 1. The van der Waals surface area contributed by atoms with Gasteiger partial charge < -0.3 is 15.5 Å². The molecule has 0 saturated carbocycles. The van der Waals surface area contributed by atoms with E-state index in [1.54, 1.807) is 6.20 Å². The Balaban J connectivity index is 1.31. The van der Waals surface area contributed by atoms with E-state index < -0.39 is 0 Å². The Morgan fingerprint density at radius 3 is 2.46 bits per heavy atom. The molecule has 0 bridgehead atoms. The van der Waals surface area contributed by atoms with Crippen molar-refractivity contribution in [2.45, 2.75) is 38.5 Å². The summed E-state index contributed by atoms with van der Waals surface area (Å²) in [5, 5.41) is 11.1. The fraction of sp³-hybridized carbons (Fsp3) is 0.545. The van der Waals surface area contributed by atoms with Gasteiger partial charge in [0.15, 0.2) is 5.96 Å². The van der Waals surface area contributed by atoms with Crippen LogP contribution in [0.5, 0.6) is 0 Å². The summed E-state index contributed by atoms with van der Waals surface area (Å²) in [7, 11) is 1.84. The third-order valence-electron chi connectivity index (χ3n) is 5.28. The van der Waals surface area contributed by atoms with Gasteiger partial charge in [-0.3, -0.25) is 4.99 Å². The Morgan fingerprint density at radius 2 is 1.79 bits per heavy atom. The molecule has 1 fully saturated rings. The molecular weight excluding hydrogens is 348 g/mol. The van der Waals surface area contributed by atoms with Crippen molar-refractivity contribution in [2.24, 2.45) is 4.99 Å². The molecule has 2 N–H and O–H groups in total. The predicted molar refractivity (Wildman–Crippen MR) is 116 cm³/mol. The second kappa shape index (κ2) is 11.5. The summed E-state index contributed by atoms with van der Waals surface area (Å²) in [6.07, 6.45) is 11.4. The third-order valence-corrected chi connectivity index (χ3v) is 5.28. The molecule has 1 saturated heterocycles. The molecule has 2 heterocycles. The van der Waals surface area contributed by atoms with Crippen LogP contribution < -0.4 is 10.6 Å². The summed E-state index contributed by atoms with van der Waals surface area (Å²) in [6.45, 7) is 5.56. The standard InChI is InChI=1S/C22H34N6/c1-23-22(24-13-6-18-27-16-4-2-3-5-17-27)25-15-12-20-8-10-21(11-9-20)28-19-7-14-26-28/h7-11,14,19H,2-6,12-13,15-18H2,1H3,(H2,23,24,25). The van der Waals surface area contributed by atoms with Crippen LogP contribution in [0, 0.1) is 0 Å². The molecule has 0 unspecified atom stereocenters. The lowest BCUT2D eigenvalue weighted by atomic mass is 10.1. The number of nitrogens with one attached hydrogen (secondary N) is 2. The molecule has 0 aliphatic carbocycles. The molecule has 1 aromatic heterocycles. The molecule has 1 aromatic carbocycles. The lowest BCUT2D eigenvalue weighted by Gasteiger charge is -2.20. The molecule has 0 radical (unpaired) electrons. The summed E-state index contributed by atoms with van der Waals surface area (Å²) in [4.78, 5) is 6.94. The minimum atomic E-state index is 0.868. The Labute approximate surface area is 169 Å². The van der Waals surface area contributed by atoms with Gasteiger partial charge >= 0.3 is 0 Å². The number of aliphatic imine (C=N–C) groups is 1. The predicted octanol–water partition coefficient (Wildman–Crippen LogP) is 2.85. The zero-order valence-corrected chi connectivity index (χ0v) is 17.1. The highest BCUT2D eigenvalue weighted by molar-refractivity contribution is 5.79. The summed E-state index contributed by atoms with van der Waals surface area (Å²) in [5.74, 6) is 0.893. The molecule has 2 aromatic rings. The first-order chi connectivity index (χ1) is 13.8. The van der Waals surface area contributed by atoms with E-state index in [-0.39, 0.29) is 0 Å². The minimum Gasteiger partial charge on any atom is -0.356 e. The Hall–Kier alpha value is -2.34. The van der Waals surface area contributed by atoms with Crippen LogP contribution in [0.4, 0.5) is 0 Å². The molecule has 3 rings (SSSR count). The normalized spacial score (nSPS) is 16.0. The smallest absolute Gasteiger partial charge is 0.190 e. The zero-order chi connectivity index (χ0) is 19.4. The van der Waals surface area contributed by atoms with Gasteiger partial charge in [0.1, 0.15) is 0 Å². The number of guanidine groups is 1.